The van der Waals surface area contributed by atoms with Crippen molar-refractivity contribution in [2.24, 2.45) is 5.92 Å². The van der Waals surface area contributed by atoms with Gasteiger partial charge in [0, 0.05) is 29.0 Å². The van der Waals surface area contributed by atoms with Gasteiger partial charge in [0.05, 0.1) is 0 Å². The van der Waals surface area contributed by atoms with Crippen LogP contribution in [0.15, 0.2) is 28.7 Å². The number of fused-ring (bicyclic) bond motifs is 2. The molecular weight excluding hydrogens is 340 g/mol. The third-order valence-electron chi connectivity index (χ3n) is 4.88. The number of nitrogens with one attached hydrogen (secondary N) is 2. The minimum absolute atomic E-state index is 0.181. The number of carbonyl (C=O) groups is 1. The highest BCUT2D eigenvalue weighted by atomic mass is 79.9. The van der Waals surface area contributed by atoms with E-state index in [9.17, 15) is 4.79 Å². The molecule has 0 saturated carbocycles. The summed E-state index contributed by atoms with van der Waals surface area (Å²) >= 11 is 3.49. The fourth-order valence-corrected chi connectivity index (χ4v) is 4.45. The summed E-state index contributed by atoms with van der Waals surface area (Å²) in [5.41, 5.74) is 1.25. The lowest BCUT2D eigenvalue weighted by molar-refractivity contribution is -0.122. The molecule has 1 aromatic carbocycles. The van der Waals surface area contributed by atoms with Gasteiger partial charge in [0.15, 0.2) is 0 Å². The summed E-state index contributed by atoms with van der Waals surface area (Å²) in [7, 11) is 0. The summed E-state index contributed by atoms with van der Waals surface area (Å²) < 4.78 is 1.09. The van der Waals surface area contributed by atoms with Crippen LogP contribution in [0.2, 0.25) is 0 Å². The van der Waals surface area contributed by atoms with Crippen molar-refractivity contribution in [1.29, 1.82) is 0 Å². The highest BCUT2D eigenvalue weighted by Gasteiger charge is 2.34. The molecule has 0 radical (unpaired) electrons. The second-order valence-electron chi connectivity index (χ2n) is 6.98. The van der Waals surface area contributed by atoms with Gasteiger partial charge in [-0.3, -0.25) is 4.79 Å². The Kier molecular flexibility index (Phi) is 5.19. The van der Waals surface area contributed by atoms with Crippen molar-refractivity contribution in [3.63, 3.8) is 0 Å². The van der Waals surface area contributed by atoms with Gasteiger partial charge in [0.25, 0.3) is 0 Å². The molecule has 2 aliphatic heterocycles. The predicted molar refractivity (Wildman–Crippen MR) is 92.7 cm³/mol. The van der Waals surface area contributed by atoms with Crippen LogP contribution >= 0.6 is 15.9 Å². The van der Waals surface area contributed by atoms with E-state index in [-0.39, 0.29) is 11.9 Å². The number of halogens is 1. The van der Waals surface area contributed by atoms with E-state index < -0.39 is 0 Å². The van der Waals surface area contributed by atoms with Crippen molar-refractivity contribution in [3.8, 4) is 0 Å². The van der Waals surface area contributed by atoms with Crippen molar-refractivity contribution in [2.45, 2.75) is 63.6 Å². The Hall–Kier alpha value is -0.870. The van der Waals surface area contributed by atoms with Gasteiger partial charge in [0.2, 0.25) is 5.91 Å². The summed E-state index contributed by atoms with van der Waals surface area (Å²) in [4.78, 5) is 12.3. The molecule has 1 amide bonds. The monoisotopic (exact) mass is 364 g/mol. The first kappa shape index (κ1) is 16.0. The molecule has 3 rings (SSSR count). The second kappa shape index (κ2) is 7.14. The zero-order valence-corrected chi connectivity index (χ0v) is 14.7. The molecule has 120 valence electrons. The third kappa shape index (κ3) is 4.32. The first-order valence-corrected chi connectivity index (χ1v) is 9.17. The molecule has 0 aliphatic carbocycles. The van der Waals surface area contributed by atoms with Crippen LogP contribution in [0.1, 0.15) is 44.6 Å². The molecule has 1 aromatic rings. The molecule has 4 heteroatoms. The van der Waals surface area contributed by atoms with Crippen molar-refractivity contribution in [2.75, 3.05) is 0 Å². The Morgan fingerprint density at radius 1 is 1.36 bits per heavy atom. The van der Waals surface area contributed by atoms with Crippen LogP contribution in [0, 0.1) is 5.92 Å². The zero-order valence-electron chi connectivity index (χ0n) is 13.1. The number of piperidine rings is 1. The van der Waals surface area contributed by atoms with Gasteiger partial charge in [-0.2, -0.15) is 0 Å². The van der Waals surface area contributed by atoms with Gasteiger partial charge in [-0.25, -0.2) is 0 Å². The van der Waals surface area contributed by atoms with Crippen molar-refractivity contribution < 1.29 is 4.79 Å². The minimum Gasteiger partial charge on any atom is -0.353 e. The van der Waals surface area contributed by atoms with Gasteiger partial charge in [-0.15, -0.1) is 0 Å². The smallest absolute Gasteiger partial charge is 0.220 e. The largest absolute Gasteiger partial charge is 0.353 e. The quantitative estimate of drug-likeness (QED) is 0.840. The number of hydrogen-bond acceptors (Lipinski definition) is 2. The Labute approximate surface area is 141 Å². The van der Waals surface area contributed by atoms with Crippen LogP contribution in [-0.2, 0) is 11.2 Å². The summed E-state index contributed by atoms with van der Waals surface area (Å²) in [6.07, 6.45) is 6.50. The van der Waals surface area contributed by atoms with E-state index in [1.54, 1.807) is 0 Å². The first-order valence-electron chi connectivity index (χ1n) is 8.38. The van der Waals surface area contributed by atoms with E-state index in [1.165, 1.54) is 31.2 Å². The zero-order chi connectivity index (χ0) is 15.5. The number of carbonyl (C=O) groups excluding carboxylic acids is 1. The maximum Gasteiger partial charge on any atom is 0.220 e. The van der Waals surface area contributed by atoms with Gasteiger partial charge < -0.3 is 10.6 Å². The summed E-state index contributed by atoms with van der Waals surface area (Å²) in [5.74, 6) is 0.783. The molecule has 2 aliphatic rings. The minimum atomic E-state index is 0.181. The molecule has 2 fully saturated rings. The maximum atomic E-state index is 12.3. The van der Waals surface area contributed by atoms with Gasteiger partial charge in [0.1, 0.15) is 0 Å². The van der Waals surface area contributed by atoms with E-state index in [4.69, 9.17) is 0 Å². The fraction of sp³-hybridized carbons (Fsp3) is 0.611. The standard InChI is InChI=1S/C18H25BrN2O/c1-12(7-13-3-2-4-15(19)8-13)20-18(22)11-14-9-16-5-6-17(10-14)21-16/h2-4,8,12,14,16-17,21H,5-7,9-11H2,1H3,(H,20,22). The van der Waals surface area contributed by atoms with Crippen LogP contribution in [0.4, 0.5) is 0 Å². The van der Waals surface area contributed by atoms with E-state index in [1.807, 2.05) is 12.1 Å². The highest BCUT2D eigenvalue weighted by Crippen LogP contribution is 2.32. The molecule has 3 nitrogen and oxygen atoms in total. The van der Waals surface area contributed by atoms with Gasteiger partial charge >= 0.3 is 0 Å². The molecule has 2 bridgehead atoms. The molecule has 2 heterocycles. The first-order chi connectivity index (χ1) is 10.6. The average molecular weight is 365 g/mol. The number of benzene rings is 1. The van der Waals surface area contributed by atoms with E-state index in [0.717, 1.165) is 10.9 Å². The van der Waals surface area contributed by atoms with E-state index >= 15 is 0 Å². The molecule has 22 heavy (non-hydrogen) atoms. The number of hydrogen-bond donors (Lipinski definition) is 2. The number of rotatable bonds is 5. The van der Waals surface area contributed by atoms with Gasteiger partial charge in [-0.05, 0) is 62.6 Å². The third-order valence-corrected chi connectivity index (χ3v) is 5.38. The highest BCUT2D eigenvalue weighted by molar-refractivity contribution is 9.10. The van der Waals surface area contributed by atoms with E-state index in [2.05, 4.69) is 45.6 Å². The Morgan fingerprint density at radius 3 is 2.77 bits per heavy atom. The van der Waals surface area contributed by atoms with Gasteiger partial charge in [-0.1, -0.05) is 28.1 Å². The molecule has 2 saturated heterocycles. The molecule has 0 aromatic heterocycles. The Bertz CT molecular complexity index is 522. The number of amides is 1. The van der Waals surface area contributed by atoms with Crippen LogP contribution in [0.25, 0.3) is 0 Å². The lowest BCUT2D eigenvalue weighted by Crippen LogP contribution is -2.41. The summed E-state index contributed by atoms with van der Waals surface area (Å²) in [5, 5.41) is 6.81. The maximum absolute atomic E-state index is 12.3. The summed E-state index contributed by atoms with van der Waals surface area (Å²) in [6, 6.07) is 9.80. The van der Waals surface area contributed by atoms with Crippen LogP contribution in [-0.4, -0.2) is 24.0 Å². The molecule has 2 N–H and O–H groups in total. The van der Waals surface area contributed by atoms with Crippen LogP contribution in [0.3, 0.4) is 0 Å². The van der Waals surface area contributed by atoms with Crippen LogP contribution < -0.4 is 10.6 Å². The topological polar surface area (TPSA) is 41.1 Å². The SMILES string of the molecule is CC(Cc1cccc(Br)c1)NC(=O)CC1CC2CCC(C1)N2. The molecule has 3 atom stereocenters. The van der Waals surface area contributed by atoms with Crippen molar-refractivity contribution in [3.05, 3.63) is 34.3 Å². The lowest BCUT2D eigenvalue weighted by Gasteiger charge is -2.29. The van der Waals surface area contributed by atoms with Crippen molar-refractivity contribution >= 4 is 21.8 Å². The van der Waals surface area contributed by atoms with Crippen molar-refractivity contribution in [1.82, 2.24) is 10.6 Å². The molecule has 3 unspecified atom stereocenters. The average Bonchev–Trinajstić information content (AvgIpc) is 2.77. The lowest BCUT2D eigenvalue weighted by atomic mass is 9.89. The fourth-order valence-electron chi connectivity index (χ4n) is 4.01. The molecular formula is C18H25BrN2O. The normalized spacial score (nSPS) is 28.4. The molecule has 0 spiro atoms. The Morgan fingerprint density at radius 2 is 2.09 bits per heavy atom. The van der Waals surface area contributed by atoms with Crippen LogP contribution in [0.5, 0.6) is 0 Å². The Balaban J connectivity index is 1.45. The van der Waals surface area contributed by atoms with E-state index in [0.29, 0.717) is 24.4 Å². The predicted octanol–water partition coefficient (Wildman–Crippen LogP) is 3.42. The second-order valence-corrected chi connectivity index (χ2v) is 7.90. The summed E-state index contributed by atoms with van der Waals surface area (Å²) in [6.45, 7) is 2.09.